The highest BCUT2D eigenvalue weighted by Crippen LogP contribution is 2.56. The number of methoxy groups -OCH3 is 1. The molecule has 4 fully saturated rings. The Kier molecular flexibility index (Phi) is 4.99. The lowest BCUT2D eigenvalue weighted by atomic mass is 9.53. The van der Waals surface area contributed by atoms with Crippen LogP contribution >= 0.6 is 11.3 Å². The van der Waals surface area contributed by atoms with Crippen LogP contribution in [-0.2, 0) is 9.53 Å². The van der Waals surface area contributed by atoms with Crippen molar-refractivity contribution in [3.63, 3.8) is 0 Å². The van der Waals surface area contributed by atoms with E-state index in [1.54, 1.807) is 12.4 Å². The van der Waals surface area contributed by atoms with E-state index in [2.05, 4.69) is 15.6 Å². The minimum atomic E-state index is -0.427. The van der Waals surface area contributed by atoms with E-state index in [1.807, 2.05) is 19.1 Å². The maximum Gasteiger partial charge on any atom is 0.336 e. The van der Waals surface area contributed by atoms with E-state index in [9.17, 15) is 9.59 Å². The van der Waals surface area contributed by atoms with Gasteiger partial charge in [-0.3, -0.25) is 9.78 Å². The smallest absolute Gasteiger partial charge is 0.336 e. The number of nitrogens with zero attached hydrogens (tertiary/aromatic N) is 1. The zero-order valence-corrected chi connectivity index (χ0v) is 20.3. The van der Waals surface area contributed by atoms with Crippen LogP contribution in [0.15, 0.2) is 35.8 Å². The van der Waals surface area contributed by atoms with E-state index in [4.69, 9.17) is 10.5 Å². The Morgan fingerprint density at radius 2 is 1.76 bits per heavy atom. The molecule has 0 spiro atoms. The molecule has 4 bridgehead atoms. The Balaban J connectivity index is 1.37. The third-order valence-corrected chi connectivity index (χ3v) is 9.47. The SMILES string of the molecule is COC(=O)C1=C(C)Nc2sc(C(=O)NC34CC5CC(CC(C5)C3)C4)c(N)c2[C@@H]1c1ccncc1. The quantitative estimate of drug-likeness (QED) is 0.562. The fraction of sp³-hybridized carbons (Fsp3) is 0.500. The minimum Gasteiger partial charge on any atom is -0.466 e. The van der Waals surface area contributed by atoms with Gasteiger partial charge in [0.15, 0.2) is 0 Å². The van der Waals surface area contributed by atoms with Crippen LogP contribution in [0.5, 0.6) is 0 Å². The van der Waals surface area contributed by atoms with Gasteiger partial charge in [0.1, 0.15) is 4.88 Å². The van der Waals surface area contributed by atoms with E-state index in [-0.39, 0.29) is 11.4 Å². The number of amides is 1. The number of nitrogens with one attached hydrogen (secondary N) is 2. The number of anilines is 2. The van der Waals surface area contributed by atoms with Gasteiger partial charge in [0.2, 0.25) is 0 Å². The van der Waals surface area contributed by atoms with Crippen LogP contribution in [0.25, 0.3) is 0 Å². The Morgan fingerprint density at radius 3 is 2.35 bits per heavy atom. The van der Waals surface area contributed by atoms with Crippen molar-refractivity contribution in [3.8, 4) is 0 Å². The second kappa shape index (κ2) is 7.83. The molecule has 0 saturated heterocycles. The molecule has 7 nitrogen and oxygen atoms in total. The highest BCUT2D eigenvalue weighted by atomic mass is 32.1. The number of rotatable bonds is 4. The van der Waals surface area contributed by atoms with Crippen molar-refractivity contribution in [2.75, 3.05) is 18.2 Å². The van der Waals surface area contributed by atoms with E-state index < -0.39 is 11.9 Å². The van der Waals surface area contributed by atoms with Crippen molar-refractivity contribution in [2.45, 2.75) is 56.9 Å². The highest BCUT2D eigenvalue weighted by Gasteiger charge is 2.52. The summed E-state index contributed by atoms with van der Waals surface area (Å²) in [5.41, 5.74) is 9.88. The molecule has 4 saturated carbocycles. The van der Waals surface area contributed by atoms with Crippen LogP contribution < -0.4 is 16.4 Å². The van der Waals surface area contributed by atoms with E-state index in [0.717, 1.165) is 53.1 Å². The zero-order chi connectivity index (χ0) is 23.6. The molecule has 5 aliphatic rings. The van der Waals surface area contributed by atoms with Crippen LogP contribution in [0.1, 0.15) is 72.2 Å². The Labute approximate surface area is 203 Å². The fourth-order valence-corrected chi connectivity index (χ4v) is 8.54. The van der Waals surface area contributed by atoms with Gasteiger partial charge < -0.3 is 21.1 Å². The molecule has 8 heteroatoms. The summed E-state index contributed by atoms with van der Waals surface area (Å²) in [7, 11) is 1.38. The number of hydrogen-bond donors (Lipinski definition) is 3. The number of aromatic nitrogens is 1. The molecule has 2 aromatic rings. The Hall–Kier alpha value is -2.87. The lowest BCUT2D eigenvalue weighted by molar-refractivity contribution is -0.136. The lowest BCUT2D eigenvalue weighted by Crippen LogP contribution is -2.59. The van der Waals surface area contributed by atoms with Crippen molar-refractivity contribution in [1.82, 2.24) is 10.3 Å². The summed E-state index contributed by atoms with van der Waals surface area (Å²) in [6.07, 6.45) is 10.6. The molecular formula is C26H30N4O3S. The van der Waals surface area contributed by atoms with Gasteiger partial charge in [-0.25, -0.2) is 4.79 Å². The Morgan fingerprint density at radius 1 is 1.15 bits per heavy atom. The lowest BCUT2D eigenvalue weighted by Gasteiger charge is -2.56. The summed E-state index contributed by atoms with van der Waals surface area (Å²) in [6.45, 7) is 1.86. The monoisotopic (exact) mass is 478 g/mol. The molecule has 1 atom stereocenters. The standard InChI is InChI=1S/C26H30N4O3S/c1-13-18(25(32)33-2)19(17-3-5-28-6-4-17)20-21(27)22(34-24(20)29-13)23(31)30-26-10-14-7-15(11-26)9-16(8-14)12-26/h3-6,14-16,19,29H,7-12,27H2,1-2H3,(H,30,31)/t14?,15?,16?,19-,26?/m1/s1. The fourth-order valence-electron chi connectivity index (χ4n) is 7.43. The minimum absolute atomic E-state index is 0.0912. The highest BCUT2D eigenvalue weighted by molar-refractivity contribution is 7.19. The molecular weight excluding hydrogens is 448 g/mol. The average Bonchev–Trinajstić information content (AvgIpc) is 3.13. The molecule has 178 valence electrons. The first-order chi connectivity index (χ1) is 16.4. The van der Waals surface area contributed by atoms with Crippen molar-refractivity contribution in [3.05, 3.63) is 51.8 Å². The first-order valence-electron chi connectivity index (χ1n) is 12.1. The van der Waals surface area contributed by atoms with Crippen LogP contribution in [0.3, 0.4) is 0 Å². The number of thiophene rings is 1. The third kappa shape index (κ3) is 3.34. The molecule has 3 heterocycles. The molecule has 0 aromatic carbocycles. The second-order valence-corrected chi connectivity index (χ2v) is 11.6. The van der Waals surface area contributed by atoms with Gasteiger partial charge in [0.25, 0.3) is 5.91 Å². The van der Waals surface area contributed by atoms with Gasteiger partial charge in [-0.15, -0.1) is 11.3 Å². The molecule has 4 N–H and O–H groups in total. The van der Waals surface area contributed by atoms with Gasteiger partial charge in [0.05, 0.1) is 23.4 Å². The number of nitrogen functional groups attached to an aromatic ring is 1. The predicted molar refractivity (Wildman–Crippen MR) is 132 cm³/mol. The molecule has 4 aliphatic carbocycles. The number of esters is 1. The molecule has 0 radical (unpaired) electrons. The third-order valence-electron chi connectivity index (χ3n) is 8.33. The molecule has 7 rings (SSSR count). The van der Waals surface area contributed by atoms with E-state index in [0.29, 0.717) is 21.8 Å². The zero-order valence-electron chi connectivity index (χ0n) is 19.5. The largest absolute Gasteiger partial charge is 0.466 e. The van der Waals surface area contributed by atoms with Gasteiger partial charge in [0, 0.05) is 35.1 Å². The van der Waals surface area contributed by atoms with Crippen molar-refractivity contribution >= 4 is 33.9 Å². The molecule has 2 aromatic heterocycles. The van der Waals surface area contributed by atoms with Crippen LogP contribution in [0, 0.1) is 17.8 Å². The summed E-state index contributed by atoms with van der Waals surface area (Å²) >= 11 is 1.37. The van der Waals surface area contributed by atoms with Gasteiger partial charge in [-0.05, 0) is 80.9 Å². The van der Waals surface area contributed by atoms with Crippen molar-refractivity contribution in [2.24, 2.45) is 17.8 Å². The Bertz CT molecular complexity index is 1170. The molecule has 1 amide bonds. The maximum atomic E-state index is 13.6. The predicted octanol–water partition coefficient (Wildman–Crippen LogP) is 4.43. The van der Waals surface area contributed by atoms with Gasteiger partial charge in [-0.1, -0.05) is 0 Å². The summed E-state index contributed by atoms with van der Waals surface area (Å²) < 4.78 is 5.11. The normalized spacial score (nSPS) is 31.1. The number of ether oxygens (including phenoxy) is 1. The molecule has 1 aliphatic heterocycles. The van der Waals surface area contributed by atoms with E-state index >= 15 is 0 Å². The number of fused-ring (bicyclic) bond motifs is 1. The number of hydrogen-bond acceptors (Lipinski definition) is 7. The first-order valence-corrected chi connectivity index (χ1v) is 12.9. The van der Waals surface area contributed by atoms with Crippen LogP contribution in [-0.4, -0.2) is 29.5 Å². The van der Waals surface area contributed by atoms with Crippen LogP contribution in [0.2, 0.25) is 0 Å². The number of allylic oxidation sites excluding steroid dienone is 1. The summed E-state index contributed by atoms with van der Waals surface area (Å²) in [4.78, 5) is 31.1. The number of pyridine rings is 1. The summed E-state index contributed by atoms with van der Waals surface area (Å²) in [5.74, 6) is 1.30. The average molecular weight is 479 g/mol. The molecule has 34 heavy (non-hydrogen) atoms. The van der Waals surface area contributed by atoms with Crippen LogP contribution in [0.4, 0.5) is 10.7 Å². The molecule has 0 unspecified atom stereocenters. The summed E-state index contributed by atoms with van der Waals surface area (Å²) in [5, 5.41) is 7.58. The topological polar surface area (TPSA) is 106 Å². The first kappa shape index (κ1) is 21.6. The van der Waals surface area contributed by atoms with Gasteiger partial charge >= 0.3 is 5.97 Å². The number of nitrogens with two attached hydrogens (primary N) is 1. The van der Waals surface area contributed by atoms with Crippen molar-refractivity contribution < 1.29 is 14.3 Å². The number of carbonyl (C=O) groups is 2. The number of carbonyl (C=O) groups excluding carboxylic acids is 2. The van der Waals surface area contributed by atoms with E-state index in [1.165, 1.54) is 37.7 Å². The summed E-state index contributed by atoms with van der Waals surface area (Å²) in [6, 6.07) is 3.75. The van der Waals surface area contributed by atoms with Gasteiger partial charge in [-0.2, -0.15) is 0 Å². The second-order valence-electron chi connectivity index (χ2n) is 10.6. The maximum absolute atomic E-state index is 13.6. The van der Waals surface area contributed by atoms with Crippen molar-refractivity contribution in [1.29, 1.82) is 0 Å².